The molecule has 3 heterocycles. The molecule has 2 aromatic heterocycles. The first-order valence-electron chi connectivity index (χ1n) is 8.48. The van der Waals surface area contributed by atoms with Gasteiger partial charge >= 0.3 is 0 Å². The van der Waals surface area contributed by atoms with E-state index in [4.69, 9.17) is 0 Å². The zero-order valence-corrected chi connectivity index (χ0v) is 14.1. The first kappa shape index (κ1) is 15.2. The van der Waals surface area contributed by atoms with E-state index in [-0.39, 0.29) is 5.39 Å². The third-order valence-corrected chi connectivity index (χ3v) is 4.99. The minimum atomic E-state index is -0.642. The summed E-state index contributed by atoms with van der Waals surface area (Å²) in [6.07, 6.45) is 3.32. The van der Waals surface area contributed by atoms with Crippen molar-refractivity contribution >= 4 is 28.2 Å². The monoisotopic (exact) mass is 351 g/mol. The Balaban J connectivity index is 1.87. The summed E-state index contributed by atoms with van der Waals surface area (Å²) < 4.78 is 30.2. The van der Waals surface area contributed by atoms with Crippen molar-refractivity contribution in [3.05, 3.63) is 59.4 Å². The van der Waals surface area contributed by atoms with Crippen molar-refractivity contribution < 1.29 is 8.78 Å². The molecule has 130 valence electrons. The summed E-state index contributed by atoms with van der Waals surface area (Å²) >= 11 is 0. The van der Waals surface area contributed by atoms with E-state index in [1.54, 1.807) is 0 Å². The second kappa shape index (κ2) is 5.45. The van der Waals surface area contributed by atoms with Gasteiger partial charge in [0.15, 0.2) is 0 Å². The second-order valence-electron chi connectivity index (χ2n) is 6.55. The van der Waals surface area contributed by atoms with Gasteiger partial charge < -0.3 is 4.90 Å². The van der Waals surface area contributed by atoms with Crippen LogP contribution in [0.4, 0.5) is 20.3 Å². The van der Waals surface area contributed by atoms with Gasteiger partial charge in [0.25, 0.3) is 5.78 Å². The SMILES string of the molecule is Cc1cccc2c1CCCN2c1nc2nncn2c2cc(F)cc(F)c12. The Morgan fingerprint density at radius 2 is 2.04 bits per heavy atom. The Bertz CT molecular complexity index is 1170. The molecular weight excluding hydrogens is 336 g/mol. The van der Waals surface area contributed by atoms with E-state index in [1.165, 1.54) is 27.9 Å². The van der Waals surface area contributed by atoms with E-state index in [0.29, 0.717) is 23.7 Å². The molecule has 26 heavy (non-hydrogen) atoms. The van der Waals surface area contributed by atoms with Crippen molar-refractivity contribution in [1.29, 1.82) is 0 Å². The molecule has 7 heteroatoms. The predicted octanol–water partition coefficient (Wildman–Crippen LogP) is 3.95. The van der Waals surface area contributed by atoms with Crippen LogP contribution in [0.3, 0.4) is 0 Å². The van der Waals surface area contributed by atoms with Gasteiger partial charge in [0.1, 0.15) is 23.8 Å². The first-order chi connectivity index (χ1) is 12.6. The molecule has 0 bridgehead atoms. The zero-order chi connectivity index (χ0) is 17.8. The van der Waals surface area contributed by atoms with Crippen molar-refractivity contribution in [3.8, 4) is 0 Å². The van der Waals surface area contributed by atoms with Crippen LogP contribution in [0.1, 0.15) is 17.5 Å². The number of aromatic nitrogens is 4. The number of rotatable bonds is 1. The Hall–Kier alpha value is -3.09. The number of anilines is 2. The quantitative estimate of drug-likeness (QED) is 0.521. The highest BCUT2D eigenvalue weighted by atomic mass is 19.1. The van der Waals surface area contributed by atoms with Crippen LogP contribution in [0, 0.1) is 18.6 Å². The minimum Gasteiger partial charge on any atom is -0.325 e. The molecule has 0 radical (unpaired) electrons. The molecule has 2 aromatic carbocycles. The summed E-state index contributed by atoms with van der Waals surface area (Å²) in [6, 6.07) is 8.27. The molecule has 1 aliphatic rings. The third-order valence-electron chi connectivity index (χ3n) is 4.99. The Morgan fingerprint density at radius 3 is 2.92 bits per heavy atom. The molecule has 5 rings (SSSR count). The third kappa shape index (κ3) is 2.09. The number of hydrogen-bond acceptors (Lipinski definition) is 4. The smallest absolute Gasteiger partial charge is 0.257 e. The van der Waals surface area contributed by atoms with E-state index < -0.39 is 11.6 Å². The number of hydrogen-bond donors (Lipinski definition) is 0. The zero-order valence-electron chi connectivity index (χ0n) is 14.1. The van der Waals surface area contributed by atoms with E-state index in [1.807, 2.05) is 17.0 Å². The van der Waals surface area contributed by atoms with Crippen LogP contribution < -0.4 is 4.90 Å². The summed E-state index contributed by atoms with van der Waals surface area (Å²) in [6.45, 7) is 2.78. The van der Waals surface area contributed by atoms with Crippen LogP contribution in [0.25, 0.3) is 16.7 Å². The normalized spacial score (nSPS) is 14.2. The fourth-order valence-electron chi connectivity index (χ4n) is 3.81. The van der Waals surface area contributed by atoms with Crippen molar-refractivity contribution in [2.75, 3.05) is 11.4 Å². The highest BCUT2D eigenvalue weighted by Gasteiger charge is 2.25. The average molecular weight is 351 g/mol. The maximum Gasteiger partial charge on any atom is 0.257 e. The van der Waals surface area contributed by atoms with E-state index >= 15 is 0 Å². The van der Waals surface area contributed by atoms with Gasteiger partial charge in [-0.05, 0) is 43.0 Å². The molecule has 0 unspecified atom stereocenters. The van der Waals surface area contributed by atoms with Crippen LogP contribution in [0.2, 0.25) is 0 Å². The lowest BCUT2D eigenvalue weighted by Gasteiger charge is -2.32. The van der Waals surface area contributed by atoms with Gasteiger partial charge in [0.2, 0.25) is 0 Å². The van der Waals surface area contributed by atoms with Crippen molar-refractivity contribution in [1.82, 2.24) is 19.6 Å². The maximum absolute atomic E-state index is 14.8. The van der Waals surface area contributed by atoms with Gasteiger partial charge in [-0.3, -0.25) is 4.40 Å². The molecule has 0 saturated carbocycles. The number of aryl methyl sites for hydroxylation is 1. The topological polar surface area (TPSA) is 46.3 Å². The molecule has 1 aliphatic heterocycles. The molecule has 0 N–H and O–H groups in total. The lowest BCUT2D eigenvalue weighted by atomic mass is 9.97. The predicted molar refractivity (Wildman–Crippen MR) is 94.7 cm³/mol. The number of halogens is 2. The van der Waals surface area contributed by atoms with Crippen LogP contribution in [-0.2, 0) is 6.42 Å². The Kier molecular flexibility index (Phi) is 3.19. The van der Waals surface area contributed by atoms with Gasteiger partial charge in [-0.1, -0.05) is 12.1 Å². The molecule has 4 aromatic rings. The Morgan fingerprint density at radius 1 is 1.15 bits per heavy atom. The molecule has 0 amide bonds. The molecule has 0 spiro atoms. The van der Waals surface area contributed by atoms with E-state index in [0.717, 1.165) is 24.6 Å². The van der Waals surface area contributed by atoms with Gasteiger partial charge in [-0.15, -0.1) is 10.2 Å². The number of benzene rings is 2. The van der Waals surface area contributed by atoms with Crippen molar-refractivity contribution in [3.63, 3.8) is 0 Å². The van der Waals surface area contributed by atoms with E-state index in [2.05, 4.69) is 28.2 Å². The van der Waals surface area contributed by atoms with E-state index in [9.17, 15) is 8.78 Å². The van der Waals surface area contributed by atoms with Gasteiger partial charge in [-0.25, -0.2) is 8.78 Å². The molecule has 5 nitrogen and oxygen atoms in total. The first-order valence-corrected chi connectivity index (χ1v) is 8.48. The molecule has 0 atom stereocenters. The summed E-state index contributed by atoms with van der Waals surface area (Å²) in [5, 5.41) is 8.10. The van der Waals surface area contributed by atoms with Gasteiger partial charge in [0, 0.05) is 18.3 Å². The van der Waals surface area contributed by atoms with Crippen LogP contribution in [0.15, 0.2) is 36.7 Å². The second-order valence-corrected chi connectivity index (χ2v) is 6.55. The standard InChI is InChI=1S/C19H15F2N5/c1-11-4-2-6-15-13(11)5-3-7-25(15)18-17-14(21)8-12(20)9-16(17)26-10-22-24-19(26)23-18/h2,4,6,8-10H,3,5,7H2,1H3. The lowest BCUT2D eigenvalue weighted by molar-refractivity contribution is 0.591. The van der Waals surface area contributed by atoms with Gasteiger partial charge in [-0.2, -0.15) is 4.98 Å². The van der Waals surface area contributed by atoms with Crippen LogP contribution in [0.5, 0.6) is 0 Å². The summed E-state index contributed by atoms with van der Waals surface area (Å²) in [7, 11) is 0. The molecule has 0 fully saturated rings. The molecule has 0 aliphatic carbocycles. The summed E-state index contributed by atoms with van der Waals surface area (Å²) in [4.78, 5) is 6.56. The van der Waals surface area contributed by atoms with Crippen LogP contribution in [-0.4, -0.2) is 26.1 Å². The molecular formula is C19H15F2N5. The maximum atomic E-state index is 14.8. The highest BCUT2D eigenvalue weighted by molar-refractivity contribution is 5.94. The Labute approximate surface area is 147 Å². The fraction of sp³-hybridized carbons (Fsp3) is 0.211. The molecule has 0 saturated heterocycles. The average Bonchev–Trinajstić information content (AvgIpc) is 3.09. The van der Waals surface area contributed by atoms with Gasteiger partial charge in [0.05, 0.1) is 10.9 Å². The lowest BCUT2D eigenvalue weighted by Crippen LogP contribution is -2.26. The van der Waals surface area contributed by atoms with Crippen LogP contribution >= 0.6 is 0 Å². The van der Waals surface area contributed by atoms with Crippen molar-refractivity contribution in [2.24, 2.45) is 0 Å². The highest BCUT2D eigenvalue weighted by Crippen LogP contribution is 2.38. The fourth-order valence-corrected chi connectivity index (χ4v) is 3.81. The summed E-state index contributed by atoms with van der Waals surface area (Å²) in [5.74, 6) is -0.517. The number of nitrogens with zero attached hydrogens (tertiary/aromatic N) is 5. The summed E-state index contributed by atoms with van der Waals surface area (Å²) in [5.41, 5.74) is 3.81. The largest absolute Gasteiger partial charge is 0.325 e. The number of fused-ring (bicyclic) bond motifs is 4. The minimum absolute atomic E-state index is 0.271. The van der Waals surface area contributed by atoms with Crippen molar-refractivity contribution in [2.45, 2.75) is 19.8 Å².